The van der Waals surface area contributed by atoms with Crippen LogP contribution in [0.5, 0.6) is 0 Å². The quantitative estimate of drug-likeness (QED) is 0.875. The third kappa shape index (κ3) is 2.40. The van der Waals surface area contributed by atoms with Gasteiger partial charge in [-0.15, -0.1) is 5.10 Å². The number of para-hydroxylation sites is 1. The number of nitrogens with zero attached hydrogens (tertiary/aromatic N) is 5. The number of amides is 2. The highest BCUT2D eigenvalue weighted by Crippen LogP contribution is 2.19. The van der Waals surface area contributed by atoms with E-state index in [0.29, 0.717) is 18.8 Å². The van der Waals surface area contributed by atoms with E-state index in [2.05, 4.69) is 20.6 Å². The van der Waals surface area contributed by atoms with Gasteiger partial charge in [-0.2, -0.15) is 0 Å². The summed E-state index contributed by atoms with van der Waals surface area (Å²) in [6.07, 6.45) is 0.640. The number of tetrazole rings is 1. The number of benzene rings is 1. The van der Waals surface area contributed by atoms with E-state index < -0.39 is 0 Å². The second-order valence-corrected chi connectivity index (χ2v) is 4.35. The highest BCUT2D eigenvalue weighted by Gasteiger charge is 2.29. The van der Waals surface area contributed by atoms with Gasteiger partial charge in [-0.1, -0.05) is 18.2 Å². The monoisotopic (exact) mass is 258 g/mol. The average molecular weight is 258 g/mol. The number of carbonyl (C=O) groups is 1. The minimum Gasteiger partial charge on any atom is -0.322 e. The Morgan fingerprint density at radius 1 is 1.21 bits per heavy atom. The third-order valence-electron chi connectivity index (χ3n) is 3.17. The van der Waals surface area contributed by atoms with Crippen molar-refractivity contribution in [1.82, 2.24) is 25.5 Å². The second kappa shape index (κ2) is 5.05. The number of carbonyl (C=O) groups excluding carboxylic acids is 1. The molecule has 0 bridgehead atoms. The lowest BCUT2D eigenvalue weighted by molar-refractivity contribution is 0.221. The fraction of sp³-hybridized carbons (Fsp3) is 0.333. The summed E-state index contributed by atoms with van der Waals surface area (Å²) in [5, 5.41) is 13.5. The van der Waals surface area contributed by atoms with Crippen molar-refractivity contribution in [2.45, 2.75) is 6.42 Å². The molecule has 1 fully saturated rings. The molecule has 1 aromatic heterocycles. The van der Waals surface area contributed by atoms with Gasteiger partial charge < -0.3 is 4.90 Å². The van der Waals surface area contributed by atoms with Crippen LogP contribution >= 0.6 is 0 Å². The zero-order valence-corrected chi connectivity index (χ0v) is 10.4. The van der Waals surface area contributed by atoms with Crippen molar-refractivity contribution in [2.75, 3.05) is 24.5 Å². The van der Waals surface area contributed by atoms with E-state index in [-0.39, 0.29) is 6.03 Å². The zero-order chi connectivity index (χ0) is 13.1. The van der Waals surface area contributed by atoms with E-state index in [1.54, 1.807) is 4.90 Å². The fourth-order valence-electron chi connectivity index (χ4n) is 2.16. The van der Waals surface area contributed by atoms with E-state index in [1.165, 1.54) is 0 Å². The first-order valence-corrected chi connectivity index (χ1v) is 6.19. The number of urea groups is 1. The molecule has 1 aliphatic heterocycles. The van der Waals surface area contributed by atoms with Crippen LogP contribution in [0.2, 0.25) is 0 Å². The second-order valence-electron chi connectivity index (χ2n) is 4.35. The number of aromatic nitrogens is 4. The highest BCUT2D eigenvalue weighted by atomic mass is 16.2. The van der Waals surface area contributed by atoms with Crippen LogP contribution in [0.3, 0.4) is 0 Å². The molecule has 1 aromatic carbocycles. The lowest BCUT2D eigenvalue weighted by atomic mass is 10.3. The van der Waals surface area contributed by atoms with Crippen LogP contribution in [-0.2, 0) is 6.42 Å². The van der Waals surface area contributed by atoms with Gasteiger partial charge in [0.15, 0.2) is 0 Å². The molecule has 3 rings (SSSR count). The Kier molecular flexibility index (Phi) is 3.09. The molecule has 1 saturated heterocycles. The summed E-state index contributed by atoms with van der Waals surface area (Å²) in [5.41, 5.74) is 0.941. The molecule has 2 amide bonds. The van der Waals surface area contributed by atoms with Gasteiger partial charge in [-0.05, 0) is 22.6 Å². The summed E-state index contributed by atoms with van der Waals surface area (Å²) in [6.45, 7) is 2.08. The summed E-state index contributed by atoms with van der Waals surface area (Å²) in [7, 11) is 0. The lowest BCUT2D eigenvalue weighted by Gasteiger charge is -2.18. The summed E-state index contributed by atoms with van der Waals surface area (Å²) in [4.78, 5) is 15.9. The number of hydrogen-bond donors (Lipinski definition) is 1. The molecule has 0 spiro atoms. The number of aromatic amines is 1. The molecule has 2 heterocycles. The molecule has 7 nitrogen and oxygen atoms in total. The molecule has 2 aromatic rings. The number of nitrogens with one attached hydrogen (secondary N) is 1. The van der Waals surface area contributed by atoms with Crippen LogP contribution in [0.4, 0.5) is 10.5 Å². The van der Waals surface area contributed by atoms with Crippen LogP contribution in [0.25, 0.3) is 0 Å². The average Bonchev–Trinajstić information content (AvgIpc) is 3.07. The maximum atomic E-state index is 12.3. The van der Waals surface area contributed by atoms with Gasteiger partial charge in [0.2, 0.25) is 0 Å². The van der Waals surface area contributed by atoms with Crippen molar-refractivity contribution in [3.05, 3.63) is 36.2 Å². The number of H-pyrrole nitrogens is 1. The minimum atomic E-state index is 0.0404. The smallest absolute Gasteiger partial charge is 0.322 e. The number of anilines is 1. The van der Waals surface area contributed by atoms with Crippen molar-refractivity contribution in [1.29, 1.82) is 0 Å². The number of hydrogen-bond acceptors (Lipinski definition) is 4. The minimum absolute atomic E-state index is 0.0404. The van der Waals surface area contributed by atoms with Crippen molar-refractivity contribution >= 4 is 11.7 Å². The van der Waals surface area contributed by atoms with E-state index in [0.717, 1.165) is 18.8 Å². The first-order valence-electron chi connectivity index (χ1n) is 6.19. The SMILES string of the molecule is O=C1N(CCc2nnn[nH]2)CCN1c1ccccc1. The Bertz CT molecular complexity index is 541. The predicted octanol–water partition coefficient (Wildman–Crippen LogP) is 0.684. The molecule has 0 radical (unpaired) electrons. The van der Waals surface area contributed by atoms with E-state index in [4.69, 9.17) is 0 Å². The van der Waals surface area contributed by atoms with E-state index in [9.17, 15) is 4.79 Å². The zero-order valence-electron chi connectivity index (χ0n) is 10.4. The number of rotatable bonds is 4. The standard InChI is InChI=1S/C12H14N6O/c19-12-17(7-6-11-13-15-16-14-11)8-9-18(12)10-4-2-1-3-5-10/h1-5H,6-9H2,(H,13,14,15,16). The summed E-state index contributed by atoms with van der Waals surface area (Å²) in [5.74, 6) is 0.700. The summed E-state index contributed by atoms with van der Waals surface area (Å²) < 4.78 is 0. The first kappa shape index (κ1) is 11.6. The van der Waals surface area contributed by atoms with Gasteiger partial charge in [0.05, 0.1) is 0 Å². The van der Waals surface area contributed by atoms with Gasteiger partial charge in [0.25, 0.3) is 0 Å². The Labute approximate surface area is 110 Å². The highest BCUT2D eigenvalue weighted by molar-refractivity contribution is 5.94. The molecular formula is C12H14N6O. The fourth-order valence-corrected chi connectivity index (χ4v) is 2.16. The molecule has 0 aliphatic carbocycles. The molecule has 0 unspecified atom stereocenters. The predicted molar refractivity (Wildman–Crippen MR) is 68.6 cm³/mol. The Hall–Kier alpha value is -2.44. The van der Waals surface area contributed by atoms with Crippen molar-refractivity contribution < 1.29 is 4.79 Å². The Morgan fingerprint density at radius 3 is 2.79 bits per heavy atom. The maximum absolute atomic E-state index is 12.3. The largest absolute Gasteiger partial charge is 0.324 e. The first-order chi connectivity index (χ1) is 9.34. The van der Waals surface area contributed by atoms with E-state index in [1.807, 2.05) is 35.2 Å². The van der Waals surface area contributed by atoms with Crippen molar-refractivity contribution in [3.63, 3.8) is 0 Å². The normalized spacial score (nSPS) is 15.3. The maximum Gasteiger partial charge on any atom is 0.324 e. The Morgan fingerprint density at radius 2 is 2.05 bits per heavy atom. The van der Waals surface area contributed by atoms with Gasteiger partial charge in [-0.25, -0.2) is 9.89 Å². The van der Waals surface area contributed by atoms with Crippen molar-refractivity contribution in [2.24, 2.45) is 0 Å². The third-order valence-corrected chi connectivity index (χ3v) is 3.17. The van der Waals surface area contributed by atoms with Gasteiger partial charge in [0, 0.05) is 31.7 Å². The van der Waals surface area contributed by atoms with Crippen LogP contribution in [0.1, 0.15) is 5.82 Å². The van der Waals surface area contributed by atoms with Gasteiger partial charge >= 0.3 is 6.03 Å². The summed E-state index contributed by atoms with van der Waals surface area (Å²) in [6, 6.07) is 9.75. The molecule has 0 atom stereocenters. The van der Waals surface area contributed by atoms with Gasteiger partial charge in [0.1, 0.15) is 5.82 Å². The van der Waals surface area contributed by atoms with Crippen LogP contribution < -0.4 is 4.90 Å². The molecule has 1 N–H and O–H groups in total. The van der Waals surface area contributed by atoms with Gasteiger partial charge in [-0.3, -0.25) is 4.90 Å². The molecule has 0 saturated carbocycles. The summed E-state index contributed by atoms with van der Waals surface area (Å²) >= 11 is 0. The van der Waals surface area contributed by atoms with Crippen molar-refractivity contribution in [3.8, 4) is 0 Å². The molecule has 19 heavy (non-hydrogen) atoms. The lowest BCUT2D eigenvalue weighted by Crippen LogP contribution is -2.33. The topological polar surface area (TPSA) is 78.0 Å². The molecule has 1 aliphatic rings. The molecule has 7 heteroatoms. The van der Waals surface area contributed by atoms with Crippen LogP contribution in [-0.4, -0.2) is 51.2 Å². The molecule has 98 valence electrons. The Balaban J connectivity index is 1.62. The van der Waals surface area contributed by atoms with E-state index >= 15 is 0 Å². The van der Waals surface area contributed by atoms with Crippen LogP contribution in [0.15, 0.2) is 30.3 Å². The van der Waals surface area contributed by atoms with Crippen LogP contribution in [0, 0.1) is 0 Å². The molecular weight excluding hydrogens is 244 g/mol.